The highest BCUT2D eigenvalue weighted by Gasteiger charge is 2.44. The molecule has 0 bridgehead atoms. The van der Waals surface area contributed by atoms with E-state index in [1.807, 2.05) is 0 Å². The van der Waals surface area contributed by atoms with Crippen LogP contribution in [0.4, 0.5) is 5.82 Å². The van der Waals surface area contributed by atoms with Gasteiger partial charge in [0.05, 0.1) is 12.3 Å². The number of hydrazine groups is 1. The third-order valence-corrected chi connectivity index (χ3v) is 3.33. The Labute approximate surface area is 112 Å². The molecule has 3 rings (SSSR count). The Kier molecular flexibility index (Phi) is 3.23. The Balaban J connectivity index is 2.03. The highest BCUT2D eigenvalue weighted by Crippen LogP contribution is 2.35. The van der Waals surface area contributed by atoms with Gasteiger partial charge >= 0.3 is 0 Å². The van der Waals surface area contributed by atoms with E-state index in [1.54, 1.807) is 0 Å². The van der Waals surface area contributed by atoms with Gasteiger partial charge in [-0.3, -0.25) is 5.10 Å². The lowest BCUT2D eigenvalue weighted by atomic mass is 10.1. The normalized spacial score (nSPS) is 30.0. The third-order valence-electron chi connectivity index (χ3n) is 3.33. The summed E-state index contributed by atoms with van der Waals surface area (Å²) in [5.74, 6) is 5.65. The second-order valence-corrected chi connectivity index (χ2v) is 4.46. The van der Waals surface area contributed by atoms with Crippen LogP contribution in [0.15, 0.2) is 6.33 Å². The van der Waals surface area contributed by atoms with Gasteiger partial charge in [-0.2, -0.15) is 5.10 Å². The van der Waals surface area contributed by atoms with Crippen LogP contribution in [0.1, 0.15) is 11.8 Å². The number of H-pyrrole nitrogens is 1. The first-order valence-electron chi connectivity index (χ1n) is 5.95. The number of hydrogen-bond acceptors (Lipinski definition) is 9. The number of rotatable bonds is 3. The molecule has 1 aliphatic rings. The predicted octanol–water partition coefficient (Wildman–Crippen LogP) is -2.21. The molecule has 10 heteroatoms. The molecule has 1 aliphatic heterocycles. The fraction of sp³-hybridized carbons (Fsp3) is 0.500. The van der Waals surface area contributed by atoms with Gasteiger partial charge in [0, 0.05) is 0 Å². The van der Waals surface area contributed by atoms with E-state index in [4.69, 9.17) is 15.7 Å². The Morgan fingerprint density at radius 3 is 2.75 bits per heavy atom. The number of ether oxygens (including phenoxy) is 1. The summed E-state index contributed by atoms with van der Waals surface area (Å²) in [6.07, 6.45) is -2.81. The molecule has 2 aromatic heterocycles. The van der Waals surface area contributed by atoms with Gasteiger partial charge in [-0.1, -0.05) is 0 Å². The van der Waals surface area contributed by atoms with Crippen molar-refractivity contribution in [2.24, 2.45) is 5.84 Å². The van der Waals surface area contributed by atoms with E-state index in [0.717, 1.165) is 0 Å². The second kappa shape index (κ2) is 4.92. The summed E-state index contributed by atoms with van der Waals surface area (Å²) in [5, 5.41) is 35.6. The first-order chi connectivity index (χ1) is 9.67. The summed E-state index contributed by atoms with van der Waals surface area (Å²) in [4.78, 5) is 7.98. The highest BCUT2D eigenvalue weighted by atomic mass is 16.6. The molecule has 108 valence electrons. The SMILES string of the molecule is NNc1ncnc2c([C@H]3O[C@@H](CO)[C@@H](O)[C@H]3O)[nH]nc12. The third kappa shape index (κ3) is 1.82. The number of nitrogens with one attached hydrogen (secondary N) is 2. The number of aliphatic hydroxyl groups is 3. The van der Waals surface area contributed by atoms with Crippen LogP contribution in [0.25, 0.3) is 11.0 Å². The maximum Gasteiger partial charge on any atom is 0.171 e. The molecule has 0 saturated carbocycles. The van der Waals surface area contributed by atoms with Crippen LogP contribution in [0.3, 0.4) is 0 Å². The van der Waals surface area contributed by atoms with E-state index >= 15 is 0 Å². The van der Waals surface area contributed by atoms with Crippen molar-refractivity contribution in [2.45, 2.75) is 24.4 Å². The Morgan fingerprint density at radius 2 is 2.10 bits per heavy atom. The largest absolute Gasteiger partial charge is 0.394 e. The van der Waals surface area contributed by atoms with Gasteiger partial charge in [0.25, 0.3) is 0 Å². The molecule has 20 heavy (non-hydrogen) atoms. The zero-order chi connectivity index (χ0) is 14.3. The molecule has 1 fully saturated rings. The minimum absolute atomic E-state index is 0.323. The molecule has 4 atom stereocenters. The van der Waals surface area contributed by atoms with Crippen LogP contribution >= 0.6 is 0 Å². The molecular formula is C10H14N6O4. The van der Waals surface area contributed by atoms with Crippen LogP contribution in [0.5, 0.6) is 0 Å². The number of aromatic nitrogens is 4. The Bertz CT molecular complexity index is 619. The Hall–Kier alpha value is -1.85. The van der Waals surface area contributed by atoms with Gasteiger partial charge in [-0.05, 0) is 0 Å². The lowest BCUT2D eigenvalue weighted by Gasteiger charge is -2.12. The van der Waals surface area contributed by atoms with Crippen molar-refractivity contribution >= 4 is 16.9 Å². The van der Waals surface area contributed by atoms with Gasteiger partial charge in [-0.25, -0.2) is 15.8 Å². The van der Waals surface area contributed by atoms with Crippen molar-refractivity contribution in [3.05, 3.63) is 12.0 Å². The molecule has 7 N–H and O–H groups in total. The smallest absolute Gasteiger partial charge is 0.171 e. The van der Waals surface area contributed by atoms with Gasteiger partial charge in [0.1, 0.15) is 36.3 Å². The standard InChI is InChI=1S/C10H14N6O4/c11-14-10-6-4(12-2-13-10)5(15-16-6)9-8(19)7(18)3(1-17)20-9/h2-3,7-9,17-19H,1,11H2,(H,15,16)(H,12,13,14)/t3-,7+,8+,9+/m0/s1. The van der Waals surface area contributed by atoms with Crippen molar-refractivity contribution in [3.8, 4) is 0 Å². The van der Waals surface area contributed by atoms with Crippen LogP contribution in [-0.2, 0) is 4.74 Å². The monoisotopic (exact) mass is 282 g/mol. The van der Waals surface area contributed by atoms with Gasteiger partial charge < -0.3 is 25.5 Å². The van der Waals surface area contributed by atoms with Crippen molar-refractivity contribution < 1.29 is 20.1 Å². The number of hydrogen-bond donors (Lipinski definition) is 6. The minimum atomic E-state index is -1.19. The molecule has 1 saturated heterocycles. The maximum absolute atomic E-state index is 10.00. The molecule has 0 radical (unpaired) electrons. The summed E-state index contributed by atoms with van der Waals surface area (Å²) in [6.45, 7) is -0.397. The zero-order valence-corrected chi connectivity index (χ0v) is 10.3. The fourth-order valence-electron chi connectivity index (χ4n) is 2.29. The lowest BCUT2D eigenvalue weighted by Crippen LogP contribution is -2.32. The van der Waals surface area contributed by atoms with Gasteiger partial charge in [-0.15, -0.1) is 0 Å². The maximum atomic E-state index is 10.00. The number of anilines is 1. The molecule has 3 heterocycles. The average Bonchev–Trinajstić information content (AvgIpc) is 3.01. The first-order valence-corrected chi connectivity index (χ1v) is 5.95. The molecule has 0 aliphatic carbocycles. The van der Waals surface area contributed by atoms with Crippen LogP contribution in [0, 0.1) is 0 Å². The van der Waals surface area contributed by atoms with Crippen molar-refractivity contribution in [3.63, 3.8) is 0 Å². The highest BCUT2D eigenvalue weighted by molar-refractivity contribution is 5.86. The number of nitrogens with zero attached hydrogens (tertiary/aromatic N) is 3. The number of aromatic amines is 1. The van der Waals surface area contributed by atoms with Crippen molar-refractivity contribution in [2.75, 3.05) is 12.0 Å². The molecule has 0 unspecified atom stereocenters. The zero-order valence-electron chi connectivity index (χ0n) is 10.3. The van der Waals surface area contributed by atoms with Crippen LogP contribution in [-0.4, -0.2) is 60.4 Å². The van der Waals surface area contributed by atoms with Crippen molar-refractivity contribution in [1.29, 1.82) is 0 Å². The number of fused-ring (bicyclic) bond motifs is 1. The molecular weight excluding hydrogens is 268 g/mol. The van der Waals surface area contributed by atoms with E-state index in [0.29, 0.717) is 22.5 Å². The van der Waals surface area contributed by atoms with E-state index in [1.165, 1.54) is 6.33 Å². The predicted molar refractivity (Wildman–Crippen MR) is 66.2 cm³/mol. The summed E-state index contributed by atoms with van der Waals surface area (Å²) in [7, 11) is 0. The van der Waals surface area contributed by atoms with E-state index in [-0.39, 0.29) is 0 Å². The van der Waals surface area contributed by atoms with Crippen LogP contribution in [0.2, 0.25) is 0 Å². The summed E-state index contributed by atoms with van der Waals surface area (Å²) < 4.78 is 5.43. The summed E-state index contributed by atoms with van der Waals surface area (Å²) in [6, 6.07) is 0. The second-order valence-electron chi connectivity index (χ2n) is 4.46. The quantitative estimate of drug-likeness (QED) is 0.270. The molecule has 0 aromatic carbocycles. The Morgan fingerprint density at radius 1 is 1.30 bits per heavy atom. The first kappa shape index (κ1) is 13.1. The number of nitrogen functional groups attached to an aromatic ring is 1. The van der Waals surface area contributed by atoms with E-state index < -0.39 is 31.0 Å². The van der Waals surface area contributed by atoms with E-state index in [9.17, 15) is 10.2 Å². The average molecular weight is 282 g/mol. The number of nitrogens with two attached hydrogens (primary N) is 1. The van der Waals surface area contributed by atoms with Gasteiger partial charge in [0.2, 0.25) is 0 Å². The molecule has 0 amide bonds. The lowest BCUT2D eigenvalue weighted by molar-refractivity contribution is -0.0236. The van der Waals surface area contributed by atoms with Crippen LogP contribution < -0.4 is 11.3 Å². The fourth-order valence-corrected chi connectivity index (χ4v) is 2.29. The molecule has 10 nitrogen and oxygen atoms in total. The summed E-state index contributed by atoms with van der Waals surface area (Å²) >= 11 is 0. The van der Waals surface area contributed by atoms with Gasteiger partial charge in [0.15, 0.2) is 11.3 Å². The molecule has 0 spiro atoms. The van der Waals surface area contributed by atoms with Crippen molar-refractivity contribution in [1.82, 2.24) is 20.2 Å². The topological polar surface area (TPSA) is 162 Å². The number of aliphatic hydroxyl groups excluding tert-OH is 3. The van der Waals surface area contributed by atoms with E-state index in [2.05, 4.69) is 25.6 Å². The minimum Gasteiger partial charge on any atom is -0.394 e. The summed E-state index contributed by atoms with van der Waals surface area (Å²) in [5.41, 5.74) is 3.59. The molecule has 2 aromatic rings.